The standard InChI is InChI=1S/C18H21F3N4O2/c1-12-23-13-6-2-3-7-14(13)24(12)11-5-9-22-16(26)15-8-4-10-25(15)17(27)18(19,20)21/h2-3,6-7,15H,4-5,8-11H2,1H3,(H,22,26). The van der Waals surface area contributed by atoms with Crippen molar-refractivity contribution in [3.8, 4) is 0 Å². The molecule has 1 aliphatic heterocycles. The van der Waals surface area contributed by atoms with Gasteiger partial charge in [-0.25, -0.2) is 4.98 Å². The second-order valence-corrected chi connectivity index (χ2v) is 6.60. The van der Waals surface area contributed by atoms with E-state index in [1.54, 1.807) is 0 Å². The fraction of sp³-hybridized carbons (Fsp3) is 0.500. The topological polar surface area (TPSA) is 67.2 Å². The van der Waals surface area contributed by atoms with Gasteiger partial charge >= 0.3 is 12.1 Å². The van der Waals surface area contributed by atoms with E-state index in [1.807, 2.05) is 35.8 Å². The molecule has 0 saturated carbocycles. The summed E-state index contributed by atoms with van der Waals surface area (Å²) >= 11 is 0. The average Bonchev–Trinajstić information content (AvgIpc) is 3.21. The van der Waals surface area contributed by atoms with E-state index in [0.29, 0.717) is 30.8 Å². The van der Waals surface area contributed by atoms with Gasteiger partial charge in [0.2, 0.25) is 5.91 Å². The minimum atomic E-state index is -4.96. The number of aryl methyl sites for hydroxylation is 2. The number of aromatic nitrogens is 2. The maximum Gasteiger partial charge on any atom is 0.471 e. The normalized spacial score (nSPS) is 17.5. The third-order valence-electron chi connectivity index (χ3n) is 4.76. The fourth-order valence-corrected chi connectivity index (χ4v) is 3.49. The van der Waals surface area contributed by atoms with Crippen molar-refractivity contribution in [2.45, 2.75) is 44.9 Å². The van der Waals surface area contributed by atoms with Crippen molar-refractivity contribution in [1.82, 2.24) is 19.8 Å². The second-order valence-electron chi connectivity index (χ2n) is 6.60. The Morgan fingerprint density at radius 2 is 2.04 bits per heavy atom. The molecule has 9 heteroatoms. The van der Waals surface area contributed by atoms with E-state index >= 15 is 0 Å². The molecular weight excluding hydrogens is 361 g/mol. The zero-order valence-corrected chi connectivity index (χ0v) is 14.9. The van der Waals surface area contributed by atoms with E-state index in [2.05, 4.69) is 10.3 Å². The van der Waals surface area contributed by atoms with Gasteiger partial charge < -0.3 is 14.8 Å². The summed E-state index contributed by atoms with van der Waals surface area (Å²) in [5.74, 6) is -1.61. The Hall–Kier alpha value is -2.58. The molecule has 6 nitrogen and oxygen atoms in total. The van der Waals surface area contributed by atoms with E-state index in [9.17, 15) is 22.8 Å². The number of carbonyl (C=O) groups is 2. The van der Waals surface area contributed by atoms with Crippen LogP contribution >= 0.6 is 0 Å². The summed E-state index contributed by atoms with van der Waals surface area (Å²) in [5.41, 5.74) is 1.89. The van der Waals surface area contributed by atoms with Crippen molar-refractivity contribution >= 4 is 22.8 Å². The number of carbonyl (C=O) groups excluding carboxylic acids is 2. The number of halogens is 3. The summed E-state index contributed by atoms with van der Waals surface area (Å²) in [6.45, 7) is 2.80. The fourth-order valence-electron chi connectivity index (χ4n) is 3.49. The molecule has 1 atom stereocenters. The van der Waals surface area contributed by atoms with E-state index in [4.69, 9.17) is 0 Å². The molecule has 146 valence electrons. The number of likely N-dealkylation sites (tertiary alicyclic amines) is 1. The number of nitrogens with one attached hydrogen (secondary N) is 1. The van der Waals surface area contributed by atoms with Crippen LogP contribution in [0.25, 0.3) is 11.0 Å². The number of rotatable bonds is 5. The molecule has 1 aromatic heterocycles. The van der Waals surface area contributed by atoms with Gasteiger partial charge in [-0.1, -0.05) is 12.1 Å². The largest absolute Gasteiger partial charge is 0.471 e. The van der Waals surface area contributed by atoms with E-state index in [0.717, 1.165) is 16.9 Å². The van der Waals surface area contributed by atoms with Crippen LogP contribution in [-0.2, 0) is 16.1 Å². The van der Waals surface area contributed by atoms with Crippen LogP contribution in [0.5, 0.6) is 0 Å². The first kappa shape index (κ1) is 19.2. The molecule has 1 fully saturated rings. The number of hydrogen-bond acceptors (Lipinski definition) is 3. The Kier molecular flexibility index (Phi) is 5.38. The molecule has 1 saturated heterocycles. The molecule has 3 rings (SSSR count). The number of amides is 2. The van der Waals surface area contributed by atoms with E-state index in [-0.39, 0.29) is 13.0 Å². The third-order valence-corrected chi connectivity index (χ3v) is 4.76. The van der Waals surface area contributed by atoms with Crippen LogP contribution in [-0.4, -0.2) is 51.6 Å². The van der Waals surface area contributed by atoms with Crippen molar-refractivity contribution in [1.29, 1.82) is 0 Å². The lowest BCUT2D eigenvalue weighted by Gasteiger charge is -2.24. The van der Waals surface area contributed by atoms with Crippen LogP contribution < -0.4 is 5.32 Å². The molecule has 0 spiro atoms. The summed E-state index contributed by atoms with van der Waals surface area (Å²) in [6.07, 6.45) is -3.71. The number of benzene rings is 1. The monoisotopic (exact) mass is 382 g/mol. The number of nitrogens with zero attached hydrogens (tertiary/aromatic N) is 3. The lowest BCUT2D eigenvalue weighted by molar-refractivity contribution is -0.186. The predicted molar refractivity (Wildman–Crippen MR) is 92.9 cm³/mol. The van der Waals surface area contributed by atoms with Crippen LogP contribution in [0.3, 0.4) is 0 Å². The SMILES string of the molecule is Cc1nc2ccccc2n1CCCNC(=O)C1CCCN1C(=O)C(F)(F)F. The highest BCUT2D eigenvalue weighted by Gasteiger charge is 2.47. The zero-order chi connectivity index (χ0) is 19.6. The van der Waals surface area contributed by atoms with Gasteiger partial charge in [-0.15, -0.1) is 0 Å². The molecule has 0 bridgehead atoms. The molecule has 1 aromatic carbocycles. The van der Waals surface area contributed by atoms with Gasteiger partial charge in [0, 0.05) is 19.6 Å². The summed E-state index contributed by atoms with van der Waals surface area (Å²) in [4.78, 5) is 28.8. The molecule has 2 heterocycles. The first-order chi connectivity index (χ1) is 12.8. The molecule has 1 N–H and O–H groups in total. The molecule has 0 radical (unpaired) electrons. The lowest BCUT2D eigenvalue weighted by Crippen LogP contribution is -2.50. The minimum absolute atomic E-state index is 0.0450. The van der Waals surface area contributed by atoms with Crippen molar-refractivity contribution < 1.29 is 22.8 Å². The molecular formula is C18H21F3N4O2. The van der Waals surface area contributed by atoms with Crippen molar-refractivity contribution in [2.75, 3.05) is 13.1 Å². The minimum Gasteiger partial charge on any atom is -0.354 e. The molecule has 0 aliphatic carbocycles. The molecule has 1 aliphatic rings. The zero-order valence-electron chi connectivity index (χ0n) is 14.9. The highest BCUT2D eigenvalue weighted by Crippen LogP contribution is 2.25. The van der Waals surface area contributed by atoms with Gasteiger partial charge in [0.25, 0.3) is 0 Å². The van der Waals surface area contributed by atoms with E-state index in [1.165, 1.54) is 0 Å². The van der Waals surface area contributed by atoms with Gasteiger partial charge in [0.05, 0.1) is 11.0 Å². The number of fused-ring (bicyclic) bond motifs is 1. The lowest BCUT2D eigenvalue weighted by atomic mass is 10.2. The molecule has 1 unspecified atom stereocenters. The van der Waals surface area contributed by atoms with Crippen LogP contribution in [0.2, 0.25) is 0 Å². The number of imidazole rings is 1. The summed E-state index contributed by atoms with van der Waals surface area (Å²) in [7, 11) is 0. The molecule has 27 heavy (non-hydrogen) atoms. The average molecular weight is 382 g/mol. The van der Waals surface area contributed by atoms with Gasteiger partial charge in [-0.2, -0.15) is 13.2 Å². The second kappa shape index (κ2) is 7.58. The smallest absolute Gasteiger partial charge is 0.354 e. The first-order valence-corrected chi connectivity index (χ1v) is 8.86. The van der Waals surface area contributed by atoms with Gasteiger partial charge in [-0.3, -0.25) is 9.59 Å². The van der Waals surface area contributed by atoms with Crippen LogP contribution in [0, 0.1) is 6.92 Å². The van der Waals surface area contributed by atoms with Crippen molar-refractivity contribution in [2.24, 2.45) is 0 Å². The first-order valence-electron chi connectivity index (χ1n) is 8.86. The quantitative estimate of drug-likeness (QED) is 0.808. The summed E-state index contributed by atoms with van der Waals surface area (Å²) < 4.78 is 39.9. The van der Waals surface area contributed by atoms with Gasteiger partial charge in [0.1, 0.15) is 11.9 Å². The number of para-hydroxylation sites is 2. The Morgan fingerprint density at radius 1 is 1.30 bits per heavy atom. The van der Waals surface area contributed by atoms with E-state index < -0.39 is 24.0 Å². The maximum absolute atomic E-state index is 12.6. The number of hydrogen-bond donors (Lipinski definition) is 1. The summed E-state index contributed by atoms with van der Waals surface area (Å²) in [6, 6.07) is 6.68. The highest BCUT2D eigenvalue weighted by atomic mass is 19.4. The number of alkyl halides is 3. The van der Waals surface area contributed by atoms with Crippen LogP contribution in [0.4, 0.5) is 13.2 Å². The van der Waals surface area contributed by atoms with Crippen molar-refractivity contribution in [3.05, 3.63) is 30.1 Å². The van der Waals surface area contributed by atoms with Crippen LogP contribution in [0.15, 0.2) is 24.3 Å². The Morgan fingerprint density at radius 3 is 2.78 bits per heavy atom. The summed E-state index contributed by atoms with van der Waals surface area (Å²) in [5, 5.41) is 2.66. The van der Waals surface area contributed by atoms with Gasteiger partial charge in [-0.05, 0) is 38.3 Å². The Balaban J connectivity index is 1.53. The van der Waals surface area contributed by atoms with Crippen molar-refractivity contribution in [3.63, 3.8) is 0 Å². The highest BCUT2D eigenvalue weighted by molar-refractivity contribution is 5.90. The Bertz CT molecular complexity index is 847. The maximum atomic E-state index is 12.6. The third kappa shape index (κ3) is 4.06. The predicted octanol–water partition coefficient (Wildman–Crippen LogP) is 2.40. The molecule has 2 aromatic rings. The Labute approximate surface area is 154 Å². The molecule has 2 amide bonds. The van der Waals surface area contributed by atoms with Crippen LogP contribution in [0.1, 0.15) is 25.1 Å². The van der Waals surface area contributed by atoms with Gasteiger partial charge in [0.15, 0.2) is 0 Å².